The van der Waals surface area contributed by atoms with Crippen LogP contribution in [0.4, 0.5) is 36.2 Å². The lowest BCUT2D eigenvalue weighted by molar-refractivity contribution is -0.147. The number of imidazole rings is 3. The van der Waals surface area contributed by atoms with Gasteiger partial charge in [-0.2, -0.15) is 0 Å². The van der Waals surface area contributed by atoms with Crippen molar-refractivity contribution in [3.63, 3.8) is 0 Å². The van der Waals surface area contributed by atoms with E-state index in [0.29, 0.717) is 64.3 Å². The third-order valence-corrected chi connectivity index (χ3v) is 21.9. The predicted molar refractivity (Wildman–Crippen MR) is 463 cm³/mol. The maximum atomic E-state index is 14.4. The second-order valence-corrected chi connectivity index (χ2v) is 30.5. The van der Waals surface area contributed by atoms with Gasteiger partial charge in [0.05, 0.1) is 54.9 Å². The van der Waals surface area contributed by atoms with E-state index < -0.39 is 147 Å². The molecule has 6 aliphatic rings. The van der Waals surface area contributed by atoms with E-state index >= 15 is 0 Å². The van der Waals surface area contributed by atoms with Crippen LogP contribution in [0.1, 0.15) is 116 Å². The molecule has 18 rings (SSSR count). The number of anilines is 3. The first-order valence-corrected chi connectivity index (χ1v) is 42.0. The van der Waals surface area contributed by atoms with Crippen LogP contribution in [0.2, 0.25) is 0 Å². The van der Waals surface area contributed by atoms with Crippen LogP contribution in [0.25, 0.3) is 39.6 Å². The van der Waals surface area contributed by atoms with Gasteiger partial charge < -0.3 is 89.9 Å². The van der Waals surface area contributed by atoms with Crippen molar-refractivity contribution in [2.75, 3.05) is 55.2 Å². The molecule has 6 aliphatic heterocycles. The molecule has 6 aromatic carbocycles. The molecule has 682 valence electrons. The van der Waals surface area contributed by atoms with E-state index in [1.165, 1.54) is 62.2 Å². The second-order valence-electron chi connectivity index (χ2n) is 30.5. The number of ether oxygens (including phenoxy) is 9. The fourth-order valence-electron chi connectivity index (χ4n) is 15.9. The smallest absolute Gasteiger partial charge is 0.336 e. The minimum atomic E-state index is -1.33. The summed E-state index contributed by atoms with van der Waals surface area (Å²) in [5, 5.41) is 52.7. The summed E-state index contributed by atoms with van der Waals surface area (Å²) in [4.78, 5) is 149. The summed E-state index contributed by atoms with van der Waals surface area (Å²) in [6, 6.07) is 43.6. The summed E-state index contributed by atoms with van der Waals surface area (Å²) in [6.07, 6.45) is 1.60. The van der Waals surface area contributed by atoms with Crippen LogP contribution in [-0.4, -0.2) is 228 Å². The van der Waals surface area contributed by atoms with E-state index in [-0.39, 0.29) is 84.0 Å². The Kier molecular flexibility index (Phi) is 28.1. The molecule has 43 heteroatoms. The molecule has 0 spiro atoms. The van der Waals surface area contributed by atoms with Crippen LogP contribution >= 0.6 is 0 Å². The van der Waals surface area contributed by atoms with Crippen LogP contribution in [0.15, 0.2) is 202 Å². The highest BCUT2D eigenvalue weighted by molar-refractivity contribution is 5.99. The molecule has 12 N–H and O–H groups in total. The quantitative estimate of drug-likeness (QED) is 0.0223. The number of nitrogens with zero attached hydrogens (tertiary/aromatic N) is 12. The van der Waals surface area contributed by atoms with Crippen molar-refractivity contribution in [2.24, 2.45) is 0 Å². The number of hydrogen-bond donors (Lipinski definition) is 12. The monoisotopic (exact) mass is 1810 g/mol. The molecule has 6 aromatic heterocycles. The Hall–Kier alpha value is -15.1. The van der Waals surface area contributed by atoms with Gasteiger partial charge in [0.25, 0.3) is 0 Å². The molecule has 6 fully saturated rings. The van der Waals surface area contributed by atoms with E-state index in [4.69, 9.17) is 42.6 Å². The van der Waals surface area contributed by atoms with E-state index in [9.17, 15) is 62.9 Å². The van der Waals surface area contributed by atoms with Crippen LogP contribution < -0.4 is 47.9 Å². The van der Waals surface area contributed by atoms with Crippen LogP contribution in [0.3, 0.4) is 0 Å². The highest BCUT2D eigenvalue weighted by Crippen LogP contribution is 2.48. The summed E-state index contributed by atoms with van der Waals surface area (Å²) >= 11 is 0. The molecule has 12 unspecified atom stereocenters. The molecule has 0 radical (unpaired) electrons. The number of fused-ring (bicyclic) bond motifs is 6. The first-order valence-electron chi connectivity index (χ1n) is 42.0. The SMILES string of the molecule is CCNC(=O)Nc1ncnc2c1ncn2C1OC(CNC(=O)Cc2c(F)cccc2C(=O)O)C2O[C@H](c3ccccc3)OC21.CCNC(=O)Nc1ncnc2c1ncn2C1OC(CNC(=O)Cc2ccccc2C(=O)O)C2O[C@H](/C=C/c3ccccc3)OC21.CCNC(=O)Nc1ncnc2c1ncn2C1OC(CNC(=O)Cc2ccccc2C(=O)O)C2O[C@H](c3ccccc3)OC21. The van der Waals surface area contributed by atoms with Gasteiger partial charge in [-0.05, 0) is 67.8 Å². The Morgan fingerprint density at radius 2 is 0.712 bits per heavy atom. The molecule has 132 heavy (non-hydrogen) atoms. The lowest BCUT2D eigenvalue weighted by Gasteiger charge is -2.21. The Balaban J connectivity index is 0.000000144. The first kappa shape index (κ1) is 90.3. The van der Waals surface area contributed by atoms with Crippen molar-refractivity contribution >= 4 is 111 Å². The number of urea groups is 3. The van der Waals surface area contributed by atoms with Crippen molar-refractivity contribution < 1.29 is 105 Å². The number of carboxylic acid groups (broad SMARTS) is 3. The van der Waals surface area contributed by atoms with Gasteiger partial charge in [0, 0.05) is 56.0 Å². The summed E-state index contributed by atoms with van der Waals surface area (Å²) in [6.45, 7) is 6.83. The van der Waals surface area contributed by atoms with Crippen LogP contribution in [0, 0.1) is 5.82 Å². The number of aromatic nitrogens is 12. The normalized spacial score (nSPS) is 22.5. The largest absolute Gasteiger partial charge is 0.478 e. The molecule has 9 amide bonds. The summed E-state index contributed by atoms with van der Waals surface area (Å²) in [7, 11) is 0. The number of hydrogen-bond acceptors (Lipinski definition) is 27. The van der Waals surface area contributed by atoms with Crippen molar-refractivity contribution in [3.05, 3.63) is 258 Å². The van der Waals surface area contributed by atoms with Gasteiger partial charge in [-0.3, -0.25) is 44.0 Å². The molecule has 12 aromatic rings. The number of aromatic carboxylic acids is 3. The van der Waals surface area contributed by atoms with Gasteiger partial charge >= 0.3 is 36.0 Å². The fraction of sp³-hybridized carbons (Fsp3) is 0.303. The zero-order valence-electron chi connectivity index (χ0n) is 70.6. The second kappa shape index (κ2) is 41.1. The number of nitrogens with one attached hydrogen (secondary N) is 9. The standard InChI is InChI=1S/C31H31N7O7.C29H28FN7O7.C29H29N7O7/c1-2-32-31(42)37-27-24-28(35-16-34-27)38(17-36-24)29-26-25(44-23(45-26)13-12-18-8-4-3-5-9-18)21(43-29)15-33-22(39)14-19-10-6-7-11-20(19)30(40)41;1-2-31-29(41)36-24-21-25(34-13-33-24)37(14-35-21)26-23-22(43-28(44-23)15-7-4-3-5-8-15)19(42-26)12-32-20(38)11-17-16(27(39)40)9-6-10-18(17)30;1-2-30-29(40)35-24-21-25(33-14-32-24)36(15-34-21)26-23-22(42-28(43-23)16-8-4-3-5-9-16)19(41-26)13-31-20(37)12-17-10-6-7-11-18(17)27(38)39/h3-13,16-17,21,23,25-26,29H,2,14-15H2,1H3,(H,33,39)(H,40,41)(H2,32,34,35,37,42);3-10,13-14,19,22-23,26,28H,2,11-12H2,1H3,(H,32,38)(H,39,40)(H2,31,33,34,36,41);3-11,14-15,19,22-23,26,28H,2,12-13H2,1H3,(H,31,37)(H,38,39)(H2,30,32,33,35,40)/b13-12+;;/t21?,23-,25?,26?,29?;2*19?,22?,23?,26?,28-/m000/s1. The number of carboxylic acids is 3. The Labute approximate surface area is 748 Å². The van der Waals surface area contributed by atoms with Crippen LogP contribution in [-0.2, 0) is 76.3 Å². The maximum absolute atomic E-state index is 14.4. The summed E-state index contributed by atoms with van der Waals surface area (Å²) in [5.41, 5.74) is 5.27. The lowest BCUT2D eigenvalue weighted by Crippen LogP contribution is -2.39. The van der Waals surface area contributed by atoms with Crippen LogP contribution in [0.5, 0.6) is 0 Å². The van der Waals surface area contributed by atoms with E-state index in [2.05, 4.69) is 92.7 Å². The van der Waals surface area contributed by atoms with Gasteiger partial charge in [-0.15, -0.1) is 0 Å². The van der Waals surface area contributed by atoms with E-state index in [0.717, 1.165) is 22.8 Å². The molecule has 42 nitrogen and oxygen atoms in total. The van der Waals surface area contributed by atoms with Gasteiger partial charge in [0.15, 0.2) is 88.5 Å². The van der Waals surface area contributed by atoms with Crippen molar-refractivity contribution in [2.45, 2.75) is 133 Å². The average molecular weight is 1810 g/mol. The maximum Gasteiger partial charge on any atom is 0.336 e. The van der Waals surface area contributed by atoms with E-state index in [1.54, 1.807) is 70.9 Å². The molecule has 0 saturated carbocycles. The minimum absolute atomic E-state index is 0.0379. The molecule has 6 saturated heterocycles. The molecule has 12 heterocycles. The summed E-state index contributed by atoms with van der Waals surface area (Å²) in [5.74, 6) is -4.97. The van der Waals surface area contributed by atoms with Gasteiger partial charge in [-0.25, -0.2) is 78.0 Å². The highest BCUT2D eigenvalue weighted by atomic mass is 19.1. The topological polar surface area (TPSA) is 536 Å². The third kappa shape index (κ3) is 20.3. The fourth-order valence-corrected chi connectivity index (χ4v) is 15.9. The van der Waals surface area contributed by atoms with Crippen molar-refractivity contribution in [3.8, 4) is 0 Å². The van der Waals surface area contributed by atoms with E-state index in [1.807, 2.05) is 103 Å². The zero-order chi connectivity index (χ0) is 92.1. The minimum Gasteiger partial charge on any atom is -0.478 e. The number of carbonyl (C=O) groups excluding carboxylic acids is 6. The number of amides is 9. The number of rotatable bonds is 28. The lowest BCUT2D eigenvalue weighted by atomic mass is 10.0. The molecule has 15 atom stereocenters. The Morgan fingerprint density at radius 1 is 0.371 bits per heavy atom. The molecular formula is C89H88FN21O21. The third-order valence-electron chi connectivity index (χ3n) is 21.9. The average Bonchev–Trinajstić information content (AvgIpc) is 1.60. The number of carbonyl (C=O) groups is 9. The predicted octanol–water partition coefficient (Wildman–Crippen LogP) is 7.69. The van der Waals surface area contributed by atoms with Gasteiger partial charge in [0.2, 0.25) is 17.7 Å². The van der Waals surface area contributed by atoms with Gasteiger partial charge in [-0.1, -0.05) is 140 Å². The van der Waals surface area contributed by atoms with Crippen molar-refractivity contribution in [1.82, 2.24) is 90.5 Å². The van der Waals surface area contributed by atoms with Gasteiger partial charge in [0.1, 0.15) is 79.7 Å². The molecule has 0 bridgehead atoms. The van der Waals surface area contributed by atoms with Crippen molar-refractivity contribution in [1.29, 1.82) is 0 Å². The number of halogens is 1. The molecular weight excluding hydrogens is 1720 g/mol. The summed E-state index contributed by atoms with van der Waals surface area (Å²) < 4.78 is 76.4. The number of benzene rings is 6. The molecule has 0 aliphatic carbocycles. The Morgan fingerprint density at radius 3 is 1.11 bits per heavy atom. The zero-order valence-corrected chi connectivity index (χ0v) is 70.6. The highest BCUT2D eigenvalue weighted by Gasteiger charge is 2.57. The first-order chi connectivity index (χ1) is 64.2. The Bertz CT molecular complexity index is 6260.